The van der Waals surface area contributed by atoms with Crippen molar-refractivity contribution in [2.24, 2.45) is 0 Å². The van der Waals surface area contributed by atoms with Gasteiger partial charge in [-0.25, -0.2) is 4.39 Å². The summed E-state index contributed by atoms with van der Waals surface area (Å²) < 4.78 is 41.7. The zero-order chi connectivity index (χ0) is 14.5. The fourth-order valence-electron chi connectivity index (χ4n) is 2.05. The summed E-state index contributed by atoms with van der Waals surface area (Å²) in [4.78, 5) is 0. The van der Waals surface area contributed by atoms with Crippen LogP contribution < -0.4 is 10.1 Å². The number of halogens is 3. The average Bonchev–Trinajstić information content (AvgIpc) is 2.41. The second-order valence-electron chi connectivity index (χ2n) is 4.22. The maximum Gasteiger partial charge on any atom is 0.387 e. The molecule has 2 aromatic rings. The van der Waals surface area contributed by atoms with E-state index in [-0.39, 0.29) is 17.6 Å². The third-order valence-electron chi connectivity index (χ3n) is 2.91. The summed E-state index contributed by atoms with van der Waals surface area (Å²) in [5.41, 5.74) is 1.59. The molecule has 1 unspecified atom stereocenters. The van der Waals surface area contributed by atoms with Crippen LogP contribution in [-0.2, 0) is 0 Å². The molecule has 0 aliphatic heterocycles. The summed E-state index contributed by atoms with van der Waals surface area (Å²) in [6.07, 6.45) is 0. The zero-order valence-electron chi connectivity index (χ0n) is 10.8. The van der Waals surface area contributed by atoms with E-state index in [9.17, 15) is 13.2 Å². The highest BCUT2D eigenvalue weighted by Gasteiger charge is 2.13. The van der Waals surface area contributed by atoms with Crippen molar-refractivity contribution >= 4 is 0 Å². The minimum atomic E-state index is -2.84. The first-order valence-corrected chi connectivity index (χ1v) is 6.07. The SMILES string of the molecule is CNC(c1ccc(OC(F)F)cc1)c1cccc(F)c1. The van der Waals surface area contributed by atoms with Crippen LogP contribution in [0.4, 0.5) is 13.2 Å². The van der Waals surface area contributed by atoms with Gasteiger partial charge in [-0.15, -0.1) is 0 Å². The quantitative estimate of drug-likeness (QED) is 0.901. The van der Waals surface area contributed by atoms with Crippen molar-refractivity contribution in [3.05, 3.63) is 65.5 Å². The van der Waals surface area contributed by atoms with Gasteiger partial charge in [0.15, 0.2) is 0 Å². The van der Waals surface area contributed by atoms with Gasteiger partial charge in [-0.1, -0.05) is 24.3 Å². The molecule has 2 aromatic carbocycles. The van der Waals surface area contributed by atoms with Crippen molar-refractivity contribution < 1.29 is 17.9 Å². The van der Waals surface area contributed by atoms with Crippen LogP contribution in [0.15, 0.2) is 48.5 Å². The maximum atomic E-state index is 13.3. The number of hydrogen-bond acceptors (Lipinski definition) is 2. The molecule has 0 fully saturated rings. The predicted molar refractivity (Wildman–Crippen MR) is 70.4 cm³/mol. The Labute approximate surface area is 115 Å². The van der Waals surface area contributed by atoms with Crippen LogP contribution in [0.1, 0.15) is 17.2 Å². The Kier molecular flexibility index (Phi) is 4.63. The van der Waals surface area contributed by atoms with E-state index in [0.717, 1.165) is 11.1 Å². The van der Waals surface area contributed by atoms with E-state index >= 15 is 0 Å². The molecule has 106 valence electrons. The molecule has 0 saturated carbocycles. The maximum absolute atomic E-state index is 13.3. The molecule has 0 aliphatic carbocycles. The monoisotopic (exact) mass is 281 g/mol. The highest BCUT2D eigenvalue weighted by atomic mass is 19.3. The van der Waals surface area contributed by atoms with Crippen LogP contribution in [0.2, 0.25) is 0 Å². The van der Waals surface area contributed by atoms with Gasteiger partial charge in [0, 0.05) is 0 Å². The van der Waals surface area contributed by atoms with Crippen molar-refractivity contribution in [2.75, 3.05) is 7.05 Å². The normalized spacial score (nSPS) is 12.4. The molecule has 2 rings (SSSR count). The van der Waals surface area contributed by atoms with Crippen LogP contribution in [0, 0.1) is 5.82 Å². The molecule has 0 aliphatic rings. The lowest BCUT2D eigenvalue weighted by Gasteiger charge is -2.17. The molecule has 5 heteroatoms. The van der Waals surface area contributed by atoms with E-state index in [4.69, 9.17) is 0 Å². The van der Waals surface area contributed by atoms with E-state index in [0.29, 0.717) is 0 Å². The van der Waals surface area contributed by atoms with Gasteiger partial charge >= 0.3 is 6.61 Å². The van der Waals surface area contributed by atoms with E-state index in [2.05, 4.69) is 10.1 Å². The molecule has 0 spiro atoms. The summed E-state index contributed by atoms with van der Waals surface area (Å²) >= 11 is 0. The number of rotatable bonds is 5. The molecular weight excluding hydrogens is 267 g/mol. The van der Waals surface area contributed by atoms with Gasteiger partial charge in [-0.2, -0.15) is 8.78 Å². The van der Waals surface area contributed by atoms with Gasteiger partial charge < -0.3 is 10.1 Å². The molecule has 1 N–H and O–H groups in total. The highest BCUT2D eigenvalue weighted by molar-refractivity contribution is 5.35. The van der Waals surface area contributed by atoms with E-state index in [1.165, 1.54) is 24.3 Å². The summed E-state index contributed by atoms with van der Waals surface area (Å²) in [5.74, 6) is -0.224. The van der Waals surface area contributed by atoms with Crippen molar-refractivity contribution in [3.8, 4) is 5.75 Å². The van der Waals surface area contributed by atoms with E-state index in [1.54, 1.807) is 31.3 Å². The van der Waals surface area contributed by atoms with E-state index in [1.807, 2.05) is 0 Å². The van der Waals surface area contributed by atoms with Gasteiger partial charge in [0.25, 0.3) is 0 Å². The molecule has 1 atom stereocenters. The fraction of sp³-hybridized carbons (Fsp3) is 0.200. The van der Waals surface area contributed by atoms with Crippen LogP contribution in [0.25, 0.3) is 0 Å². The standard InChI is InChI=1S/C15H14F3NO/c1-19-14(11-3-2-4-12(16)9-11)10-5-7-13(8-6-10)20-15(17)18/h2-9,14-15,19H,1H3. The number of hydrogen-bond donors (Lipinski definition) is 1. The molecule has 0 aromatic heterocycles. The highest BCUT2D eigenvalue weighted by Crippen LogP contribution is 2.24. The molecular formula is C15H14F3NO. The molecule has 0 saturated heterocycles. The Balaban J connectivity index is 2.23. The summed E-state index contributed by atoms with van der Waals surface area (Å²) in [6, 6.07) is 12.3. The van der Waals surface area contributed by atoms with Gasteiger partial charge in [-0.05, 0) is 42.4 Å². The first kappa shape index (κ1) is 14.4. The lowest BCUT2D eigenvalue weighted by molar-refractivity contribution is -0.0498. The fourth-order valence-corrected chi connectivity index (χ4v) is 2.05. The van der Waals surface area contributed by atoms with Gasteiger partial charge in [0.1, 0.15) is 11.6 Å². The van der Waals surface area contributed by atoms with Gasteiger partial charge in [0.2, 0.25) is 0 Å². The molecule has 0 bridgehead atoms. The molecule has 20 heavy (non-hydrogen) atoms. The second kappa shape index (κ2) is 6.43. The minimum Gasteiger partial charge on any atom is -0.435 e. The minimum absolute atomic E-state index is 0.0952. The van der Waals surface area contributed by atoms with Gasteiger partial charge in [-0.3, -0.25) is 0 Å². The number of ether oxygens (including phenoxy) is 1. The zero-order valence-corrected chi connectivity index (χ0v) is 10.8. The molecule has 0 heterocycles. The number of nitrogens with one attached hydrogen (secondary N) is 1. The summed E-state index contributed by atoms with van der Waals surface area (Å²) in [6.45, 7) is -2.84. The van der Waals surface area contributed by atoms with Crippen molar-refractivity contribution in [1.82, 2.24) is 5.32 Å². The summed E-state index contributed by atoms with van der Waals surface area (Å²) in [5, 5.41) is 3.07. The Morgan fingerprint density at radius 2 is 1.70 bits per heavy atom. The lowest BCUT2D eigenvalue weighted by atomic mass is 9.99. The Morgan fingerprint density at radius 3 is 2.25 bits per heavy atom. The van der Waals surface area contributed by atoms with Crippen molar-refractivity contribution in [2.45, 2.75) is 12.7 Å². The third kappa shape index (κ3) is 3.51. The summed E-state index contributed by atoms with van der Waals surface area (Å²) in [7, 11) is 1.75. The van der Waals surface area contributed by atoms with Crippen molar-refractivity contribution in [1.29, 1.82) is 0 Å². The Morgan fingerprint density at radius 1 is 1.00 bits per heavy atom. The van der Waals surface area contributed by atoms with E-state index < -0.39 is 6.61 Å². The first-order valence-electron chi connectivity index (χ1n) is 6.07. The molecule has 0 radical (unpaired) electrons. The lowest BCUT2D eigenvalue weighted by Crippen LogP contribution is -2.17. The first-order chi connectivity index (χ1) is 9.60. The third-order valence-corrected chi connectivity index (χ3v) is 2.91. The van der Waals surface area contributed by atoms with Crippen molar-refractivity contribution in [3.63, 3.8) is 0 Å². The molecule has 0 amide bonds. The Hall–Kier alpha value is -2.01. The van der Waals surface area contributed by atoms with Crippen LogP contribution in [0.5, 0.6) is 5.75 Å². The number of alkyl halides is 2. The largest absolute Gasteiger partial charge is 0.435 e. The smallest absolute Gasteiger partial charge is 0.387 e. The average molecular weight is 281 g/mol. The Bertz CT molecular complexity index is 557. The van der Waals surface area contributed by atoms with Crippen LogP contribution >= 0.6 is 0 Å². The number of benzene rings is 2. The van der Waals surface area contributed by atoms with Crippen LogP contribution in [0.3, 0.4) is 0 Å². The predicted octanol–water partition coefficient (Wildman–Crippen LogP) is 3.74. The van der Waals surface area contributed by atoms with Crippen LogP contribution in [-0.4, -0.2) is 13.7 Å². The second-order valence-corrected chi connectivity index (χ2v) is 4.22. The van der Waals surface area contributed by atoms with Gasteiger partial charge in [0.05, 0.1) is 6.04 Å². The topological polar surface area (TPSA) is 21.3 Å². The molecule has 2 nitrogen and oxygen atoms in total.